The lowest BCUT2D eigenvalue weighted by Crippen LogP contribution is -2.30. The van der Waals surface area contributed by atoms with Gasteiger partial charge in [0.15, 0.2) is 17.3 Å². The number of anilines is 1. The lowest BCUT2D eigenvalue weighted by Gasteiger charge is -2.23. The number of hydrogen-bond acceptors (Lipinski definition) is 6. The van der Waals surface area contributed by atoms with E-state index in [-0.39, 0.29) is 5.91 Å². The molecule has 1 aromatic heterocycles. The van der Waals surface area contributed by atoms with Gasteiger partial charge >= 0.3 is 0 Å². The molecule has 7 nitrogen and oxygen atoms in total. The molecule has 1 fully saturated rings. The summed E-state index contributed by atoms with van der Waals surface area (Å²) in [5.41, 5.74) is 2.86. The number of nitrogens with one attached hydrogen (secondary N) is 1. The van der Waals surface area contributed by atoms with E-state index in [0.717, 1.165) is 40.8 Å². The zero-order valence-corrected chi connectivity index (χ0v) is 20.7. The Morgan fingerprint density at radius 2 is 2.03 bits per heavy atom. The van der Waals surface area contributed by atoms with E-state index in [9.17, 15) is 4.79 Å². The maximum Gasteiger partial charge on any atom is 0.277 e. The SMILES string of the molecule is COc1cc(N2Cc3cnc(-c4ccc(Br)cc4)nc3C2=O)ccc1OCCC1CCCNC1. The number of ether oxygens (including phenoxy) is 2. The number of piperidine rings is 1. The van der Waals surface area contributed by atoms with Crippen molar-refractivity contribution >= 4 is 27.5 Å². The van der Waals surface area contributed by atoms with E-state index >= 15 is 0 Å². The Morgan fingerprint density at radius 3 is 2.79 bits per heavy atom. The summed E-state index contributed by atoms with van der Waals surface area (Å²) in [6, 6.07) is 13.3. The lowest BCUT2D eigenvalue weighted by molar-refractivity contribution is 0.0992. The Hall–Kier alpha value is -2.97. The molecule has 176 valence electrons. The molecular weight excluding hydrogens is 496 g/mol. The Bertz CT molecular complexity index is 1180. The fraction of sp³-hybridized carbons (Fsp3) is 0.346. The van der Waals surface area contributed by atoms with E-state index in [4.69, 9.17) is 9.47 Å². The fourth-order valence-electron chi connectivity index (χ4n) is 4.47. The van der Waals surface area contributed by atoms with Crippen LogP contribution in [0, 0.1) is 5.92 Å². The number of nitrogens with zero attached hydrogens (tertiary/aromatic N) is 3. The average Bonchev–Trinajstić information content (AvgIpc) is 3.21. The topological polar surface area (TPSA) is 76.6 Å². The predicted molar refractivity (Wildman–Crippen MR) is 134 cm³/mol. The van der Waals surface area contributed by atoms with Gasteiger partial charge in [0.05, 0.1) is 20.3 Å². The van der Waals surface area contributed by atoms with Crippen molar-refractivity contribution in [3.05, 3.63) is 64.4 Å². The molecule has 5 rings (SSSR count). The Labute approximate surface area is 207 Å². The van der Waals surface area contributed by atoms with Gasteiger partial charge in [0, 0.05) is 33.6 Å². The molecule has 0 radical (unpaired) electrons. The van der Waals surface area contributed by atoms with Crippen molar-refractivity contribution in [2.24, 2.45) is 5.92 Å². The van der Waals surface area contributed by atoms with E-state index in [1.165, 1.54) is 12.8 Å². The first-order chi connectivity index (χ1) is 16.6. The summed E-state index contributed by atoms with van der Waals surface area (Å²) < 4.78 is 12.6. The first-order valence-electron chi connectivity index (χ1n) is 11.6. The highest BCUT2D eigenvalue weighted by molar-refractivity contribution is 9.10. The third-order valence-electron chi connectivity index (χ3n) is 6.38. The molecule has 1 N–H and O–H groups in total. The van der Waals surface area contributed by atoms with Crippen LogP contribution in [0.3, 0.4) is 0 Å². The average molecular weight is 523 g/mol. The van der Waals surface area contributed by atoms with Crippen LogP contribution in [-0.2, 0) is 6.54 Å². The number of aromatic nitrogens is 2. The number of carbonyl (C=O) groups is 1. The van der Waals surface area contributed by atoms with Crippen LogP contribution < -0.4 is 19.7 Å². The molecule has 0 bridgehead atoms. The molecule has 1 unspecified atom stereocenters. The summed E-state index contributed by atoms with van der Waals surface area (Å²) in [6.45, 7) is 3.24. The van der Waals surface area contributed by atoms with Crippen molar-refractivity contribution in [3.8, 4) is 22.9 Å². The Kier molecular flexibility index (Phi) is 6.78. The highest BCUT2D eigenvalue weighted by Crippen LogP contribution is 2.35. The van der Waals surface area contributed by atoms with Crippen LogP contribution in [-0.4, -0.2) is 42.7 Å². The minimum atomic E-state index is -0.142. The molecule has 34 heavy (non-hydrogen) atoms. The molecular formula is C26H27BrN4O3. The van der Waals surface area contributed by atoms with Gasteiger partial charge in [-0.2, -0.15) is 0 Å². The fourth-order valence-corrected chi connectivity index (χ4v) is 4.74. The summed E-state index contributed by atoms with van der Waals surface area (Å²) in [6.07, 6.45) is 5.23. The second-order valence-corrected chi connectivity index (χ2v) is 9.57. The zero-order chi connectivity index (χ0) is 23.5. The summed E-state index contributed by atoms with van der Waals surface area (Å²) >= 11 is 3.44. The van der Waals surface area contributed by atoms with Crippen LogP contribution >= 0.6 is 15.9 Å². The number of carbonyl (C=O) groups excluding carboxylic acids is 1. The van der Waals surface area contributed by atoms with Crippen LogP contribution in [0.2, 0.25) is 0 Å². The monoisotopic (exact) mass is 522 g/mol. The van der Waals surface area contributed by atoms with Crippen molar-refractivity contribution in [3.63, 3.8) is 0 Å². The first kappa shape index (κ1) is 22.8. The smallest absolute Gasteiger partial charge is 0.277 e. The van der Waals surface area contributed by atoms with Crippen molar-refractivity contribution in [1.29, 1.82) is 0 Å². The summed E-state index contributed by atoms with van der Waals surface area (Å²) in [5, 5.41) is 3.44. The Morgan fingerprint density at radius 1 is 1.18 bits per heavy atom. The normalized spacial score (nSPS) is 17.5. The van der Waals surface area contributed by atoms with E-state index in [2.05, 4.69) is 31.2 Å². The summed E-state index contributed by atoms with van der Waals surface area (Å²) in [7, 11) is 1.62. The maximum atomic E-state index is 13.2. The standard InChI is InChI=1S/C26H27BrN4O3/c1-33-23-13-21(8-9-22(23)34-12-10-17-3-2-11-28-14-17)31-16-19-15-29-25(30-24(19)26(31)32)18-4-6-20(27)7-5-18/h4-9,13,15,17,28H,2-3,10-12,14,16H2,1H3. The van der Waals surface area contributed by atoms with Crippen molar-refractivity contribution in [1.82, 2.24) is 15.3 Å². The quantitative estimate of drug-likeness (QED) is 0.478. The van der Waals surface area contributed by atoms with E-state index in [0.29, 0.717) is 42.1 Å². The van der Waals surface area contributed by atoms with Gasteiger partial charge < -0.3 is 19.7 Å². The van der Waals surface area contributed by atoms with Crippen LogP contribution in [0.5, 0.6) is 11.5 Å². The van der Waals surface area contributed by atoms with Gasteiger partial charge in [-0.1, -0.05) is 28.1 Å². The largest absolute Gasteiger partial charge is 0.493 e. The molecule has 0 saturated carbocycles. The minimum Gasteiger partial charge on any atom is -0.493 e. The molecule has 1 atom stereocenters. The van der Waals surface area contributed by atoms with Gasteiger partial charge in [0.2, 0.25) is 0 Å². The molecule has 3 heterocycles. The lowest BCUT2D eigenvalue weighted by atomic mass is 9.97. The van der Waals surface area contributed by atoms with E-state index in [1.807, 2.05) is 42.5 Å². The number of hydrogen-bond donors (Lipinski definition) is 1. The molecule has 0 spiro atoms. The number of amides is 1. The summed E-state index contributed by atoms with van der Waals surface area (Å²) in [4.78, 5) is 24.0. The molecule has 1 saturated heterocycles. The van der Waals surface area contributed by atoms with Gasteiger partial charge in [0.25, 0.3) is 5.91 Å². The molecule has 2 aliphatic rings. The van der Waals surface area contributed by atoms with Crippen LogP contribution in [0.25, 0.3) is 11.4 Å². The predicted octanol–water partition coefficient (Wildman–Crippen LogP) is 4.84. The van der Waals surface area contributed by atoms with Crippen molar-refractivity contribution in [2.45, 2.75) is 25.8 Å². The molecule has 1 amide bonds. The van der Waals surface area contributed by atoms with E-state index < -0.39 is 0 Å². The second-order valence-electron chi connectivity index (χ2n) is 8.65. The van der Waals surface area contributed by atoms with Gasteiger partial charge in [-0.3, -0.25) is 4.79 Å². The Balaban J connectivity index is 1.30. The zero-order valence-electron chi connectivity index (χ0n) is 19.1. The third-order valence-corrected chi connectivity index (χ3v) is 6.91. The number of benzene rings is 2. The number of methoxy groups -OCH3 is 1. The van der Waals surface area contributed by atoms with Gasteiger partial charge in [-0.05, 0) is 62.5 Å². The van der Waals surface area contributed by atoms with Crippen LogP contribution in [0.1, 0.15) is 35.3 Å². The van der Waals surface area contributed by atoms with E-state index in [1.54, 1.807) is 18.2 Å². The van der Waals surface area contributed by atoms with Crippen molar-refractivity contribution in [2.75, 3.05) is 31.7 Å². The van der Waals surface area contributed by atoms with Gasteiger partial charge in [0.1, 0.15) is 5.69 Å². The molecule has 2 aliphatic heterocycles. The second kappa shape index (κ2) is 10.1. The van der Waals surface area contributed by atoms with Crippen LogP contribution in [0.4, 0.5) is 5.69 Å². The first-order valence-corrected chi connectivity index (χ1v) is 12.4. The van der Waals surface area contributed by atoms with Gasteiger partial charge in [-0.15, -0.1) is 0 Å². The molecule has 3 aromatic rings. The van der Waals surface area contributed by atoms with Crippen molar-refractivity contribution < 1.29 is 14.3 Å². The number of halogens is 1. The number of rotatable bonds is 7. The van der Waals surface area contributed by atoms with Gasteiger partial charge in [-0.25, -0.2) is 9.97 Å². The maximum absolute atomic E-state index is 13.2. The van der Waals surface area contributed by atoms with Crippen LogP contribution in [0.15, 0.2) is 53.1 Å². The highest BCUT2D eigenvalue weighted by atomic mass is 79.9. The highest BCUT2D eigenvalue weighted by Gasteiger charge is 2.31. The minimum absolute atomic E-state index is 0.142. The molecule has 8 heteroatoms. The number of fused-ring (bicyclic) bond motifs is 1. The molecule has 2 aromatic carbocycles. The summed E-state index contributed by atoms with van der Waals surface area (Å²) in [5.74, 6) is 2.36. The third kappa shape index (κ3) is 4.79. The molecule has 0 aliphatic carbocycles.